The van der Waals surface area contributed by atoms with E-state index in [9.17, 15) is 13.2 Å². The van der Waals surface area contributed by atoms with Crippen LogP contribution >= 0.6 is 11.3 Å². The largest absolute Gasteiger partial charge is 0.465 e. The summed E-state index contributed by atoms with van der Waals surface area (Å²) in [5.74, 6) is -0.479. The highest BCUT2D eigenvalue weighted by molar-refractivity contribution is 7.93. The Hall–Kier alpha value is -1.93. The molecule has 0 atom stereocenters. The molecule has 0 aliphatic rings. The number of hydrogen-bond donors (Lipinski definition) is 1. The molecule has 2 rings (SSSR count). The van der Waals surface area contributed by atoms with Crippen LogP contribution in [0.4, 0.5) is 5.82 Å². The van der Waals surface area contributed by atoms with Crippen molar-refractivity contribution in [2.75, 3.05) is 11.8 Å². The van der Waals surface area contributed by atoms with E-state index in [1.807, 2.05) is 6.92 Å². The zero-order chi connectivity index (χ0) is 15.6. The van der Waals surface area contributed by atoms with Gasteiger partial charge in [0.2, 0.25) is 0 Å². The van der Waals surface area contributed by atoms with Crippen LogP contribution in [0.15, 0.2) is 28.6 Å². The fraction of sp³-hybridized carbons (Fsp3) is 0.231. The molecule has 0 fully saturated rings. The van der Waals surface area contributed by atoms with Gasteiger partial charge in [0, 0.05) is 6.20 Å². The van der Waals surface area contributed by atoms with E-state index < -0.39 is 16.0 Å². The van der Waals surface area contributed by atoms with Crippen LogP contribution < -0.4 is 4.72 Å². The van der Waals surface area contributed by atoms with Crippen LogP contribution in [-0.4, -0.2) is 26.5 Å². The number of nitrogens with zero attached hydrogens (tertiary/aromatic N) is 1. The Morgan fingerprint density at radius 3 is 2.62 bits per heavy atom. The molecule has 0 aromatic carbocycles. The first kappa shape index (κ1) is 15.5. The highest BCUT2D eigenvalue weighted by atomic mass is 32.2. The first-order chi connectivity index (χ1) is 9.85. The third-order valence-electron chi connectivity index (χ3n) is 2.71. The molecule has 2 aromatic rings. The Kier molecular flexibility index (Phi) is 4.29. The summed E-state index contributed by atoms with van der Waals surface area (Å²) < 4.78 is 31.9. The van der Waals surface area contributed by atoms with Gasteiger partial charge in [-0.05, 0) is 36.4 Å². The summed E-state index contributed by atoms with van der Waals surface area (Å²) in [5, 5.41) is 1.60. The normalized spacial score (nSPS) is 11.2. The minimum absolute atomic E-state index is 0.0506. The molecule has 0 bridgehead atoms. The van der Waals surface area contributed by atoms with Gasteiger partial charge in [0.05, 0.1) is 7.11 Å². The maximum Gasteiger partial charge on any atom is 0.349 e. The number of aromatic nitrogens is 1. The lowest BCUT2D eigenvalue weighted by atomic mass is 10.3. The van der Waals surface area contributed by atoms with Crippen molar-refractivity contribution in [2.24, 2.45) is 0 Å². The monoisotopic (exact) mass is 326 g/mol. The Labute approximate surface area is 126 Å². The number of sulfonamides is 1. The van der Waals surface area contributed by atoms with Gasteiger partial charge in [0.15, 0.2) is 0 Å². The molecule has 0 radical (unpaired) electrons. The minimum Gasteiger partial charge on any atom is -0.465 e. The first-order valence-corrected chi connectivity index (χ1v) is 8.33. The summed E-state index contributed by atoms with van der Waals surface area (Å²) in [4.78, 5) is 15.6. The number of anilines is 1. The Morgan fingerprint density at radius 1 is 1.33 bits per heavy atom. The average molecular weight is 326 g/mol. The molecule has 2 heterocycles. The fourth-order valence-electron chi connectivity index (χ4n) is 1.72. The van der Waals surface area contributed by atoms with Gasteiger partial charge in [0.25, 0.3) is 10.0 Å². The van der Waals surface area contributed by atoms with Crippen molar-refractivity contribution >= 4 is 33.1 Å². The van der Waals surface area contributed by atoms with Crippen LogP contribution in [0.1, 0.15) is 20.8 Å². The summed E-state index contributed by atoms with van der Waals surface area (Å²) in [6.45, 7) is 3.48. The second-order valence-electron chi connectivity index (χ2n) is 4.39. The van der Waals surface area contributed by atoms with Crippen molar-refractivity contribution in [3.8, 4) is 0 Å². The molecule has 0 unspecified atom stereocenters. The average Bonchev–Trinajstić information content (AvgIpc) is 2.83. The van der Waals surface area contributed by atoms with Crippen LogP contribution in [0.5, 0.6) is 0 Å². The summed E-state index contributed by atoms with van der Waals surface area (Å²) in [5.41, 5.74) is 1.40. The second kappa shape index (κ2) is 5.82. The minimum atomic E-state index is -3.90. The number of methoxy groups -OCH3 is 1. The van der Waals surface area contributed by atoms with Crippen LogP contribution in [-0.2, 0) is 14.8 Å². The number of aryl methyl sites for hydroxylation is 2. The predicted molar refractivity (Wildman–Crippen MR) is 80.2 cm³/mol. The van der Waals surface area contributed by atoms with Gasteiger partial charge in [-0.3, -0.25) is 4.72 Å². The molecule has 21 heavy (non-hydrogen) atoms. The van der Waals surface area contributed by atoms with Gasteiger partial charge in [-0.25, -0.2) is 18.2 Å². The molecule has 8 heteroatoms. The number of nitrogens with one attached hydrogen (secondary N) is 1. The second-order valence-corrected chi connectivity index (χ2v) is 6.89. The standard InChI is InChI=1S/C13H14N2O4S2/c1-8-4-5-10(14-6-8)15-21(17,18)12-9(2)7-20-11(12)13(16)19-3/h4-7H,1-3H3,(H,14,15). The lowest BCUT2D eigenvalue weighted by molar-refractivity contribution is 0.0602. The van der Waals surface area contributed by atoms with Crippen molar-refractivity contribution in [1.82, 2.24) is 4.98 Å². The number of hydrogen-bond acceptors (Lipinski definition) is 6. The molecule has 0 amide bonds. The molecular weight excluding hydrogens is 312 g/mol. The zero-order valence-corrected chi connectivity index (χ0v) is 13.3. The van der Waals surface area contributed by atoms with Crippen molar-refractivity contribution in [3.63, 3.8) is 0 Å². The third kappa shape index (κ3) is 3.22. The molecule has 0 saturated carbocycles. The van der Waals surface area contributed by atoms with E-state index in [1.165, 1.54) is 7.11 Å². The van der Waals surface area contributed by atoms with Crippen molar-refractivity contribution in [1.29, 1.82) is 0 Å². The van der Waals surface area contributed by atoms with Gasteiger partial charge in [-0.2, -0.15) is 0 Å². The summed E-state index contributed by atoms with van der Waals surface area (Å²) in [6, 6.07) is 3.30. The molecule has 2 aromatic heterocycles. The lowest BCUT2D eigenvalue weighted by Gasteiger charge is -2.09. The number of ether oxygens (including phenoxy) is 1. The van der Waals surface area contributed by atoms with Gasteiger partial charge < -0.3 is 4.74 Å². The first-order valence-electron chi connectivity index (χ1n) is 5.97. The van der Waals surface area contributed by atoms with E-state index >= 15 is 0 Å². The topological polar surface area (TPSA) is 85.4 Å². The molecule has 6 nitrogen and oxygen atoms in total. The molecule has 0 saturated heterocycles. The maximum atomic E-state index is 12.5. The number of pyridine rings is 1. The van der Waals surface area contributed by atoms with E-state index in [-0.39, 0.29) is 15.6 Å². The van der Waals surface area contributed by atoms with E-state index in [0.29, 0.717) is 5.56 Å². The Morgan fingerprint density at radius 2 is 2.05 bits per heavy atom. The predicted octanol–water partition coefficient (Wildman–Crippen LogP) is 2.35. The number of thiophene rings is 1. The van der Waals surface area contributed by atoms with Gasteiger partial charge in [0.1, 0.15) is 15.6 Å². The quantitative estimate of drug-likeness (QED) is 0.872. The summed E-state index contributed by atoms with van der Waals surface area (Å²) in [6.07, 6.45) is 1.56. The molecule has 0 spiro atoms. The molecule has 0 aliphatic carbocycles. The van der Waals surface area contributed by atoms with E-state index in [1.54, 1.807) is 30.6 Å². The molecule has 112 valence electrons. The van der Waals surface area contributed by atoms with Gasteiger partial charge in [-0.1, -0.05) is 6.07 Å². The highest BCUT2D eigenvalue weighted by Crippen LogP contribution is 2.28. The highest BCUT2D eigenvalue weighted by Gasteiger charge is 2.27. The van der Waals surface area contributed by atoms with Crippen molar-refractivity contribution < 1.29 is 17.9 Å². The van der Waals surface area contributed by atoms with E-state index in [2.05, 4.69) is 14.4 Å². The molecule has 1 N–H and O–H groups in total. The van der Waals surface area contributed by atoms with Crippen LogP contribution in [0, 0.1) is 13.8 Å². The number of esters is 1. The van der Waals surface area contributed by atoms with Crippen molar-refractivity contribution in [2.45, 2.75) is 18.7 Å². The summed E-state index contributed by atoms with van der Waals surface area (Å²) in [7, 11) is -2.69. The van der Waals surface area contributed by atoms with E-state index in [0.717, 1.165) is 16.9 Å². The number of carbonyl (C=O) groups is 1. The van der Waals surface area contributed by atoms with Crippen molar-refractivity contribution in [3.05, 3.63) is 39.7 Å². The SMILES string of the molecule is COC(=O)c1scc(C)c1S(=O)(=O)Nc1ccc(C)cn1. The molecular formula is C13H14N2O4S2. The van der Waals surface area contributed by atoms with Crippen LogP contribution in [0.2, 0.25) is 0 Å². The zero-order valence-electron chi connectivity index (χ0n) is 11.7. The summed E-state index contributed by atoms with van der Waals surface area (Å²) >= 11 is 1.03. The number of rotatable bonds is 4. The van der Waals surface area contributed by atoms with Gasteiger partial charge >= 0.3 is 5.97 Å². The molecule has 0 aliphatic heterocycles. The lowest BCUT2D eigenvalue weighted by Crippen LogP contribution is -2.17. The maximum absolute atomic E-state index is 12.5. The van der Waals surface area contributed by atoms with Gasteiger partial charge in [-0.15, -0.1) is 11.3 Å². The van der Waals surface area contributed by atoms with Crippen LogP contribution in [0.3, 0.4) is 0 Å². The smallest absolute Gasteiger partial charge is 0.349 e. The van der Waals surface area contributed by atoms with Crippen LogP contribution in [0.25, 0.3) is 0 Å². The fourth-order valence-corrected chi connectivity index (χ4v) is 4.43. The Balaban J connectivity index is 2.42. The Bertz CT molecular complexity index is 764. The van der Waals surface area contributed by atoms with E-state index in [4.69, 9.17) is 0 Å². The number of carbonyl (C=O) groups excluding carboxylic acids is 1. The third-order valence-corrected chi connectivity index (χ3v) is 5.46.